The SMILES string of the molecule is Fc1ccc(C2=C(c3ccccc3Cl)O2)cc1. The first-order valence-corrected chi connectivity index (χ1v) is 5.56. The molecule has 0 fully saturated rings. The van der Waals surface area contributed by atoms with Crippen LogP contribution in [0.5, 0.6) is 0 Å². The lowest BCUT2D eigenvalue weighted by Gasteiger charge is -1.93. The highest BCUT2D eigenvalue weighted by atomic mass is 35.5. The van der Waals surface area contributed by atoms with Crippen molar-refractivity contribution in [3.8, 4) is 0 Å². The Morgan fingerprint density at radius 1 is 0.882 bits per heavy atom. The van der Waals surface area contributed by atoms with Crippen LogP contribution in [0.4, 0.5) is 4.39 Å². The number of rotatable bonds is 2. The second-order valence-electron chi connectivity index (χ2n) is 3.75. The van der Waals surface area contributed by atoms with Gasteiger partial charge in [0.05, 0.1) is 5.02 Å². The number of hydrogen-bond donors (Lipinski definition) is 0. The average Bonchev–Trinajstić information content (AvgIpc) is 3.11. The van der Waals surface area contributed by atoms with Crippen LogP contribution in [0.3, 0.4) is 0 Å². The van der Waals surface area contributed by atoms with Gasteiger partial charge in [0, 0.05) is 11.1 Å². The van der Waals surface area contributed by atoms with Crippen molar-refractivity contribution in [2.45, 2.75) is 0 Å². The van der Waals surface area contributed by atoms with E-state index in [2.05, 4.69) is 0 Å². The summed E-state index contributed by atoms with van der Waals surface area (Å²) in [5.74, 6) is 1.27. The standard InChI is InChI=1S/C14H8ClFO/c15-12-4-2-1-3-11(12)14-13(17-14)9-5-7-10(16)8-6-9/h1-8H. The van der Waals surface area contributed by atoms with Crippen molar-refractivity contribution in [1.29, 1.82) is 0 Å². The molecule has 1 nitrogen and oxygen atoms in total. The van der Waals surface area contributed by atoms with Crippen LogP contribution < -0.4 is 0 Å². The van der Waals surface area contributed by atoms with Crippen molar-refractivity contribution in [2.75, 3.05) is 0 Å². The van der Waals surface area contributed by atoms with Gasteiger partial charge in [-0.05, 0) is 36.4 Å². The fraction of sp³-hybridized carbons (Fsp3) is 0. The monoisotopic (exact) mass is 246 g/mol. The molecule has 0 spiro atoms. The molecule has 0 bridgehead atoms. The molecule has 0 amide bonds. The highest BCUT2D eigenvalue weighted by Crippen LogP contribution is 2.45. The third-order valence-electron chi connectivity index (χ3n) is 2.59. The first-order valence-electron chi connectivity index (χ1n) is 5.18. The van der Waals surface area contributed by atoms with E-state index in [0.717, 1.165) is 22.6 Å². The minimum atomic E-state index is -0.255. The Kier molecular flexibility index (Phi) is 2.37. The highest BCUT2D eigenvalue weighted by molar-refractivity contribution is 6.32. The van der Waals surface area contributed by atoms with Crippen molar-refractivity contribution >= 4 is 23.1 Å². The van der Waals surface area contributed by atoms with E-state index in [1.807, 2.05) is 24.3 Å². The molecule has 3 heteroatoms. The Morgan fingerprint density at radius 2 is 1.59 bits per heavy atom. The van der Waals surface area contributed by atoms with Gasteiger partial charge in [-0.2, -0.15) is 0 Å². The lowest BCUT2D eigenvalue weighted by molar-refractivity contribution is 0.585. The maximum atomic E-state index is 12.8. The first kappa shape index (κ1) is 10.4. The molecule has 17 heavy (non-hydrogen) atoms. The quantitative estimate of drug-likeness (QED) is 0.768. The molecule has 0 atom stereocenters. The van der Waals surface area contributed by atoms with Crippen LogP contribution in [0.1, 0.15) is 11.1 Å². The van der Waals surface area contributed by atoms with Gasteiger partial charge in [0.1, 0.15) is 5.82 Å². The molecule has 0 saturated heterocycles. The third kappa shape index (κ3) is 1.92. The normalized spacial score (nSPS) is 13.5. The van der Waals surface area contributed by atoms with E-state index in [1.165, 1.54) is 12.1 Å². The number of benzene rings is 2. The zero-order valence-electron chi connectivity index (χ0n) is 8.78. The Labute approximate surface area is 103 Å². The van der Waals surface area contributed by atoms with E-state index >= 15 is 0 Å². The second-order valence-corrected chi connectivity index (χ2v) is 4.15. The highest BCUT2D eigenvalue weighted by Gasteiger charge is 2.29. The van der Waals surface area contributed by atoms with Crippen LogP contribution in [-0.4, -0.2) is 0 Å². The van der Waals surface area contributed by atoms with Crippen molar-refractivity contribution < 1.29 is 9.13 Å². The number of hydrogen-bond acceptors (Lipinski definition) is 1. The Balaban J connectivity index is 1.99. The summed E-state index contributed by atoms with van der Waals surface area (Å²) < 4.78 is 18.2. The molecule has 1 aliphatic rings. The van der Waals surface area contributed by atoms with E-state index in [9.17, 15) is 4.39 Å². The van der Waals surface area contributed by atoms with Gasteiger partial charge in [0.2, 0.25) is 0 Å². The van der Waals surface area contributed by atoms with Crippen LogP contribution in [-0.2, 0) is 4.74 Å². The summed E-state index contributed by atoms with van der Waals surface area (Å²) in [6.07, 6.45) is 0. The Morgan fingerprint density at radius 3 is 2.29 bits per heavy atom. The van der Waals surface area contributed by atoms with Gasteiger partial charge < -0.3 is 4.74 Å². The van der Waals surface area contributed by atoms with Crippen LogP contribution in [0.2, 0.25) is 5.02 Å². The smallest absolute Gasteiger partial charge is 0.179 e. The van der Waals surface area contributed by atoms with Crippen molar-refractivity contribution in [2.24, 2.45) is 0 Å². The molecule has 0 aliphatic carbocycles. The molecule has 1 heterocycles. The van der Waals surface area contributed by atoms with Crippen molar-refractivity contribution in [1.82, 2.24) is 0 Å². The molecule has 0 unspecified atom stereocenters. The first-order chi connectivity index (χ1) is 8.25. The molecule has 0 saturated carbocycles. The largest absolute Gasteiger partial charge is 0.448 e. The number of ether oxygens (including phenoxy) is 1. The van der Waals surface area contributed by atoms with Gasteiger partial charge in [-0.3, -0.25) is 0 Å². The summed E-state index contributed by atoms with van der Waals surface area (Å²) in [6.45, 7) is 0. The molecule has 1 aliphatic heterocycles. The lowest BCUT2D eigenvalue weighted by atomic mass is 10.1. The molecular weight excluding hydrogens is 239 g/mol. The van der Waals surface area contributed by atoms with E-state index in [-0.39, 0.29) is 5.82 Å². The third-order valence-corrected chi connectivity index (χ3v) is 2.92. The second kappa shape index (κ2) is 3.90. The van der Waals surface area contributed by atoms with E-state index < -0.39 is 0 Å². The summed E-state index contributed by atoms with van der Waals surface area (Å²) in [5.41, 5.74) is 1.73. The summed E-state index contributed by atoms with van der Waals surface area (Å²) in [4.78, 5) is 0. The molecular formula is C14H8ClFO. The molecule has 0 N–H and O–H groups in total. The zero-order chi connectivity index (χ0) is 11.8. The van der Waals surface area contributed by atoms with Crippen LogP contribution in [0, 0.1) is 5.82 Å². The minimum Gasteiger partial charge on any atom is -0.448 e. The van der Waals surface area contributed by atoms with Gasteiger partial charge in [-0.15, -0.1) is 0 Å². The van der Waals surface area contributed by atoms with Gasteiger partial charge in [-0.1, -0.05) is 23.7 Å². The fourth-order valence-electron chi connectivity index (χ4n) is 1.69. The van der Waals surface area contributed by atoms with Crippen LogP contribution >= 0.6 is 11.6 Å². The van der Waals surface area contributed by atoms with Crippen LogP contribution in [0.25, 0.3) is 11.5 Å². The van der Waals surface area contributed by atoms with E-state index in [4.69, 9.17) is 16.3 Å². The molecule has 2 aromatic rings. The van der Waals surface area contributed by atoms with Gasteiger partial charge in [-0.25, -0.2) is 4.39 Å². The molecule has 2 aromatic carbocycles. The van der Waals surface area contributed by atoms with E-state index in [0.29, 0.717) is 5.02 Å². The van der Waals surface area contributed by atoms with Crippen molar-refractivity contribution in [3.05, 3.63) is 70.5 Å². The zero-order valence-corrected chi connectivity index (χ0v) is 9.54. The number of halogens is 2. The molecule has 0 radical (unpaired) electrons. The van der Waals surface area contributed by atoms with Gasteiger partial charge in [0.25, 0.3) is 0 Å². The molecule has 0 aromatic heterocycles. The minimum absolute atomic E-state index is 0.255. The van der Waals surface area contributed by atoms with Crippen molar-refractivity contribution in [3.63, 3.8) is 0 Å². The Bertz CT molecular complexity index is 602. The molecule has 3 rings (SSSR count). The maximum Gasteiger partial charge on any atom is 0.179 e. The van der Waals surface area contributed by atoms with Crippen LogP contribution in [0.15, 0.2) is 48.5 Å². The molecule has 84 valence electrons. The Hall–Kier alpha value is -1.80. The predicted molar refractivity (Wildman–Crippen MR) is 65.8 cm³/mol. The summed E-state index contributed by atoms with van der Waals surface area (Å²) in [5, 5.41) is 0.652. The predicted octanol–water partition coefficient (Wildman–Crippen LogP) is 4.34. The maximum absolute atomic E-state index is 12.8. The fourth-order valence-corrected chi connectivity index (χ4v) is 1.91. The topological polar surface area (TPSA) is 12.5 Å². The van der Waals surface area contributed by atoms with Gasteiger partial charge >= 0.3 is 0 Å². The van der Waals surface area contributed by atoms with E-state index in [1.54, 1.807) is 12.1 Å². The summed E-state index contributed by atoms with van der Waals surface area (Å²) >= 11 is 6.06. The summed E-state index contributed by atoms with van der Waals surface area (Å²) in [6, 6.07) is 13.7. The summed E-state index contributed by atoms with van der Waals surface area (Å²) in [7, 11) is 0. The van der Waals surface area contributed by atoms with Gasteiger partial charge in [0.15, 0.2) is 11.5 Å². The average molecular weight is 247 g/mol. The lowest BCUT2D eigenvalue weighted by Crippen LogP contribution is -1.76.